The normalized spacial score (nSPS) is 13.2. The molecule has 8 heteroatoms. The van der Waals surface area contributed by atoms with Crippen LogP contribution in [0.4, 0.5) is 0 Å². The minimum Gasteiger partial charge on any atom is -0.229 e. The number of unbranched alkanes of at least 4 members (excludes halogenated alkanes) is 1. The number of nitrogens with two attached hydrogens (primary N) is 2. The Hall–Kier alpha value is -0.180. The van der Waals surface area contributed by atoms with Crippen LogP contribution >= 0.6 is 0 Å². The highest BCUT2D eigenvalue weighted by atomic mass is 32.2. The second-order valence-electron chi connectivity index (χ2n) is 2.44. The Morgan fingerprint density at radius 1 is 0.750 bits per heavy atom. The fourth-order valence-corrected chi connectivity index (χ4v) is 1.82. The Kier molecular flexibility index (Phi) is 4.11. The molecule has 74 valence electrons. The molecule has 0 aliphatic rings. The van der Waals surface area contributed by atoms with Gasteiger partial charge in [-0.3, -0.25) is 0 Å². The van der Waals surface area contributed by atoms with E-state index in [1.807, 2.05) is 0 Å². The van der Waals surface area contributed by atoms with Crippen molar-refractivity contribution >= 4 is 20.0 Å². The molecule has 0 saturated heterocycles. The van der Waals surface area contributed by atoms with E-state index in [1.165, 1.54) is 0 Å². The van der Waals surface area contributed by atoms with Gasteiger partial charge in [0.25, 0.3) is 0 Å². The van der Waals surface area contributed by atoms with E-state index in [0.29, 0.717) is 0 Å². The molecule has 6 nitrogen and oxygen atoms in total. The quantitative estimate of drug-likeness (QED) is 0.534. The van der Waals surface area contributed by atoms with Crippen LogP contribution in [0.25, 0.3) is 0 Å². The van der Waals surface area contributed by atoms with Gasteiger partial charge in [-0.1, -0.05) is 0 Å². The van der Waals surface area contributed by atoms with Gasteiger partial charge in [-0.05, 0) is 12.8 Å². The lowest BCUT2D eigenvalue weighted by atomic mass is 10.4. The minimum atomic E-state index is -3.48. The van der Waals surface area contributed by atoms with Crippen molar-refractivity contribution in [1.82, 2.24) is 0 Å². The molecule has 0 aromatic carbocycles. The average molecular weight is 216 g/mol. The van der Waals surface area contributed by atoms with Crippen LogP contribution in [0.5, 0.6) is 0 Å². The second kappa shape index (κ2) is 4.17. The summed E-state index contributed by atoms with van der Waals surface area (Å²) in [6.45, 7) is 0. The van der Waals surface area contributed by atoms with Crippen molar-refractivity contribution in [2.45, 2.75) is 12.8 Å². The van der Waals surface area contributed by atoms with Gasteiger partial charge in [0.1, 0.15) is 0 Å². The predicted octanol–water partition coefficient (Wildman–Crippen LogP) is -1.66. The lowest BCUT2D eigenvalue weighted by Crippen LogP contribution is -2.19. The highest BCUT2D eigenvalue weighted by molar-refractivity contribution is 7.89. The molecule has 0 fully saturated rings. The number of primary sulfonamides is 2. The summed E-state index contributed by atoms with van der Waals surface area (Å²) in [6, 6.07) is 0. The van der Waals surface area contributed by atoms with E-state index in [-0.39, 0.29) is 24.3 Å². The number of sulfonamides is 2. The lowest BCUT2D eigenvalue weighted by molar-refractivity contribution is 0.587. The summed E-state index contributed by atoms with van der Waals surface area (Å²) < 4.78 is 41.4. The Bertz CT molecular complexity index is 283. The van der Waals surface area contributed by atoms with Gasteiger partial charge in [-0.25, -0.2) is 27.1 Å². The van der Waals surface area contributed by atoms with E-state index in [4.69, 9.17) is 0 Å². The molecule has 0 unspecified atom stereocenters. The highest BCUT2D eigenvalue weighted by Gasteiger charge is 2.05. The number of hydrogen-bond acceptors (Lipinski definition) is 4. The molecule has 0 saturated carbocycles. The van der Waals surface area contributed by atoms with Gasteiger partial charge in [-0.2, -0.15) is 0 Å². The van der Waals surface area contributed by atoms with E-state index in [0.717, 1.165) is 0 Å². The topological polar surface area (TPSA) is 120 Å². The van der Waals surface area contributed by atoms with E-state index in [1.54, 1.807) is 0 Å². The smallest absolute Gasteiger partial charge is 0.209 e. The predicted molar refractivity (Wildman–Crippen MR) is 45.2 cm³/mol. The summed E-state index contributed by atoms with van der Waals surface area (Å²) in [4.78, 5) is 0. The molecule has 0 bridgehead atoms. The summed E-state index contributed by atoms with van der Waals surface area (Å²) in [5.41, 5.74) is 0. The van der Waals surface area contributed by atoms with Gasteiger partial charge < -0.3 is 0 Å². The molecule has 0 aliphatic heterocycles. The number of hydrogen-bond donors (Lipinski definition) is 2. The van der Waals surface area contributed by atoms with Gasteiger partial charge in [0.2, 0.25) is 20.0 Å². The maximum Gasteiger partial charge on any atom is 0.209 e. The second-order valence-corrected chi connectivity index (χ2v) is 5.91. The molecule has 0 radical (unpaired) electrons. The molecule has 0 spiro atoms. The van der Waals surface area contributed by atoms with Crippen molar-refractivity contribution in [2.75, 3.05) is 11.5 Å². The third-order valence-corrected chi connectivity index (χ3v) is 2.82. The van der Waals surface area contributed by atoms with Crippen molar-refractivity contribution in [3.05, 3.63) is 0 Å². The Balaban J connectivity index is 3.62. The molecule has 0 aliphatic carbocycles. The molecule has 12 heavy (non-hydrogen) atoms. The van der Waals surface area contributed by atoms with E-state index in [2.05, 4.69) is 10.3 Å². The van der Waals surface area contributed by atoms with Crippen LogP contribution in [0.1, 0.15) is 12.8 Å². The van der Waals surface area contributed by atoms with Crippen molar-refractivity contribution in [3.63, 3.8) is 0 Å². The largest absolute Gasteiger partial charge is 0.229 e. The van der Waals surface area contributed by atoms with E-state index < -0.39 is 20.0 Å². The molecule has 0 atom stereocenters. The van der Waals surface area contributed by atoms with Crippen LogP contribution in [0.15, 0.2) is 0 Å². The summed E-state index contributed by atoms with van der Waals surface area (Å²) in [5.74, 6) is -0.412. The van der Waals surface area contributed by atoms with Gasteiger partial charge in [0.15, 0.2) is 0 Å². The molecule has 0 aromatic heterocycles. The molecule has 0 aromatic rings. The van der Waals surface area contributed by atoms with Crippen LogP contribution in [0.2, 0.25) is 0 Å². The zero-order chi connectivity index (χ0) is 9.83. The first kappa shape index (κ1) is 11.8. The summed E-state index contributed by atoms with van der Waals surface area (Å²) in [7, 11) is -6.95. The molecular weight excluding hydrogens is 204 g/mol. The van der Waals surface area contributed by atoms with Gasteiger partial charge in [0.05, 0.1) is 11.5 Å². The highest BCUT2D eigenvalue weighted by Crippen LogP contribution is 1.94. The monoisotopic (exact) mass is 216 g/mol. The SMILES string of the molecule is NS(=O)(=O)CCCCS(N)(=O)=O. The maximum atomic E-state index is 10.4. The van der Waals surface area contributed by atoms with Gasteiger partial charge in [-0.15, -0.1) is 0 Å². The third-order valence-electron chi connectivity index (χ3n) is 1.11. The zero-order valence-electron chi connectivity index (χ0n) is 6.43. The molecule has 0 rings (SSSR count). The van der Waals surface area contributed by atoms with Crippen LogP contribution in [0, 0.1) is 0 Å². The zero-order valence-corrected chi connectivity index (χ0v) is 8.07. The standard InChI is InChI=1S/C4H12N2O4S2/c5-11(7,8)3-1-2-4-12(6,9)10/h1-4H2,(H2,5,7,8)(H2,6,9,10). The van der Waals surface area contributed by atoms with Crippen molar-refractivity contribution in [1.29, 1.82) is 0 Å². The van der Waals surface area contributed by atoms with Crippen LogP contribution in [-0.2, 0) is 20.0 Å². The van der Waals surface area contributed by atoms with Gasteiger partial charge in [0, 0.05) is 0 Å². The Morgan fingerprint density at radius 3 is 1.17 bits per heavy atom. The maximum absolute atomic E-state index is 10.4. The lowest BCUT2D eigenvalue weighted by Gasteiger charge is -1.97. The molecule has 0 heterocycles. The fourth-order valence-electron chi connectivity index (χ4n) is 0.606. The first-order chi connectivity index (χ1) is 5.21. The minimum absolute atomic E-state index is 0.206. The first-order valence-corrected chi connectivity index (χ1v) is 6.65. The van der Waals surface area contributed by atoms with Crippen LogP contribution in [-0.4, -0.2) is 28.3 Å². The van der Waals surface area contributed by atoms with E-state index >= 15 is 0 Å². The van der Waals surface area contributed by atoms with E-state index in [9.17, 15) is 16.8 Å². The van der Waals surface area contributed by atoms with Gasteiger partial charge >= 0.3 is 0 Å². The fraction of sp³-hybridized carbons (Fsp3) is 1.00. The molecular formula is C4H12N2O4S2. The van der Waals surface area contributed by atoms with Crippen molar-refractivity contribution in [2.24, 2.45) is 10.3 Å². The van der Waals surface area contributed by atoms with Crippen LogP contribution in [0.3, 0.4) is 0 Å². The van der Waals surface area contributed by atoms with Crippen molar-refractivity contribution < 1.29 is 16.8 Å². The summed E-state index contributed by atoms with van der Waals surface area (Å²) >= 11 is 0. The number of rotatable bonds is 5. The third kappa shape index (κ3) is 9.82. The van der Waals surface area contributed by atoms with Crippen LogP contribution < -0.4 is 10.3 Å². The Morgan fingerprint density at radius 2 is 1.00 bits per heavy atom. The Labute approximate surface area is 72.0 Å². The average Bonchev–Trinajstić information content (AvgIpc) is 1.76. The van der Waals surface area contributed by atoms with Crippen molar-refractivity contribution in [3.8, 4) is 0 Å². The summed E-state index contributed by atoms with van der Waals surface area (Å²) in [5, 5.41) is 9.35. The first-order valence-electron chi connectivity index (χ1n) is 3.22. The molecule has 0 amide bonds. The summed E-state index contributed by atoms with van der Waals surface area (Å²) in [6.07, 6.45) is 0.435. The molecule has 4 N–H and O–H groups in total.